The van der Waals surface area contributed by atoms with Crippen molar-refractivity contribution in [3.05, 3.63) is 82.9 Å². The number of fused-ring (bicyclic) bond motifs is 3. The molecule has 0 saturated carbocycles. The number of aryl methyl sites for hydroxylation is 1. The molecule has 4 nitrogen and oxygen atoms in total. The van der Waals surface area contributed by atoms with Crippen molar-refractivity contribution in [2.45, 2.75) is 31.8 Å². The molecule has 144 valence electrons. The summed E-state index contributed by atoms with van der Waals surface area (Å²) in [6, 6.07) is 21.9. The van der Waals surface area contributed by atoms with Crippen LogP contribution in [0.15, 0.2) is 65.1 Å². The van der Waals surface area contributed by atoms with Crippen LogP contribution in [0.3, 0.4) is 0 Å². The highest BCUT2D eigenvalue weighted by atomic mass is 16.3. The first kappa shape index (κ1) is 16.8. The third-order valence-electron chi connectivity index (χ3n) is 6.17. The SMILES string of the molecule is c1ccc2c(c1)CNC(c1ccc3cc(-c4ccc5c(n4)NCCC5)oc3c1)C2. The fraction of sp³-hybridized carbons (Fsp3) is 0.240. The Morgan fingerprint density at radius 1 is 0.931 bits per heavy atom. The van der Waals surface area contributed by atoms with Crippen molar-refractivity contribution in [2.24, 2.45) is 0 Å². The molecule has 0 radical (unpaired) electrons. The molecule has 0 spiro atoms. The molecule has 2 aromatic carbocycles. The molecule has 0 bridgehead atoms. The van der Waals surface area contributed by atoms with Gasteiger partial charge in [-0.2, -0.15) is 0 Å². The maximum Gasteiger partial charge on any atom is 0.153 e. The Morgan fingerprint density at radius 3 is 2.83 bits per heavy atom. The summed E-state index contributed by atoms with van der Waals surface area (Å²) in [6.45, 7) is 1.90. The van der Waals surface area contributed by atoms with Gasteiger partial charge in [0, 0.05) is 24.5 Å². The maximum absolute atomic E-state index is 6.23. The smallest absolute Gasteiger partial charge is 0.153 e. The van der Waals surface area contributed by atoms with Gasteiger partial charge in [-0.3, -0.25) is 0 Å². The van der Waals surface area contributed by atoms with Gasteiger partial charge < -0.3 is 15.1 Å². The van der Waals surface area contributed by atoms with Crippen molar-refractivity contribution >= 4 is 16.8 Å². The molecule has 0 saturated heterocycles. The van der Waals surface area contributed by atoms with Crippen molar-refractivity contribution in [1.82, 2.24) is 10.3 Å². The van der Waals surface area contributed by atoms with Gasteiger partial charge in [0.2, 0.25) is 0 Å². The van der Waals surface area contributed by atoms with Gasteiger partial charge in [0.1, 0.15) is 17.1 Å². The minimum Gasteiger partial charge on any atom is -0.454 e. The highest BCUT2D eigenvalue weighted by Gasteiger charge is 2.20. The van der Waals surface area contributed by atoms with Gasteiger partial charge in [-0.05, 0) is 59.7 Å². The molecule has 29 heavy (non-hydrogen) atoms. The summed E-state index contributed by atoms with van der Waals surface area (Å²) in [7, 11) is 0. The Morgan fingerprint density at radius 2 is 1.86 bits per heavy atom. The standard InChI is InChI=1S/C25H23N3O/c1-2-5-20-15-27-22(12-17(20)4-1)18-7-8-19-14-24(29-23(19)13-18)21-10-9-16-6-3-11-26-25(16)28-21/h1-2,4-5,7-10,13-14,22,27H,3,6,11-12,15H2,(H,26,28). The van der Waals surface area contributed by atoms with Crippen molar-refractivity contribution < 1.29 is 4.42 Å². The minimum atomic E-state index is 0.314. The normalized spacial score (nSPS) is 18.1. The summed E-state index contributed by atoms with van der Waals surface area (Å²) in [6.07, 6.45) is 3.27. The predicted octanol–water partition coefficient (Wildman–Crippen LogP) is 5.24. The number of nitrogens with zero attached hydrogens (tertiary/aromatic N) is 1. The van der Waals surface area contributed by atoms with Crippen molar-refractivity contribution in [1.29, 1.82) is 0 Å². The van der Waals surface area contributed by atoms with E-state index in [1.807, 2.05) is 0 Å². The lowest BCUT2D eigenvalue weighted by molar-refractivity contribution is 0.498. The van der Waals surface area contributed by atoms with E-state index in [-0.39, 0.29) is 0 Å². The lowest BCUT2D eigenvalue weighted by atomic mass is 9.91. The van der Waals surface area contributed by atoms with Crippen LogP contribution in [0.25, 0.3) is 22.4 Å². The largest absolute Gasteiger partial charge is 0.454 e. The lowest BCUT2D eigenvalue weighted by Crippen LogP contribution is -2.28. The molecular weight excluding hydrogens is 358 g/mol. The number of nitrogens with one attached hydrogen (secondary N) is 2. The lowest BCUT2D eigenvalue weighted by Gasteiger charge is -2.26. The van der Waals surface area contributed by atoms with Crippen LogP contribution in [0.4, 0.5) is 5.82 Å². The Balaban J connectivity index is 1.32. The first-order valence-electron chi connectivity index (χ1n) is 10.4. The van der Waals surface area contributed by atoms with Crippen LogP contribution in [0.2, 0.25) is 0 Å². The van der Waals surface area contributed by atoms with Gasteiger partial charge in [0.25, 0.3) is 0 Å². The monoisotopic (exact) mass is 381 g/mol. The number of pyridine rings is 1. The van der Waals surface area contributed by atoms with E-state index < -0.39 is 0 Å². The average Bonchev–Trinajstić information content (AvgIpc) is 3.22. The van der Waals surface area contributed by atoms with Crippen LogP contribution in [0.5, 0.6) is 0 Å². The fourth-order valence-corrected chi connectivity index (χ4v) is 4.55. The van der Waals surface area contributed by atoms with Gasteiger partial charge in [-0.15, -0.1) is 0 Å². The Kier molecular flexibility index (Phi) is 3.91. The fourth-order valence-electron chi connectivity index (χ4n) is 4.55. The molecule has 0 aliphatic carbocycles. The summed E-state index contributed by atoms with van der Waals surface area (Å²) in [5.41, 5.74) is 7.21. The molecule has 0 fully saturated rings. The van der Waals surface area contributed by atoms with Crippen LogP contribution in [-0.4, -0.2) is 11.5 Å². The van der Waals surface area contributed by atoms with Gasteiger partial charge >= 0.3 is 0 Å². The number of hydrogen-bond donors (Lipinski definition) is 2. The molecule has 1 unspecified atom stereocenters. The van der Waals surface area contributed by atoms with E-state index in [1.54, 1.807) is 0 Å². The third-order valence-corrected chi connectivity index (χ3v) is 6.17. The summed E-state index contributed by atoms with van der Waals surface area (Å²) in [5, 5.41) is 8.19. The zero-order valence-corrected chi connectivity index (χ0v) is 16.2. The van der Waals surface area contributed by atoms with Crippen molar-refractivity contribution in [3.8, 4) is 11.5 Å². The second-order valence-electron chi connectivity index (χ2n) is 8.05. The topological polar surface area (TPSA) is 50.1 Å². The van der Waals surface area contributed by atoms with Gasteiger partial charge in [0.15, 0.2) is 5.76 Å². The minimum absolute atomic E-state index is 0.314. The first-order chi connectivity index (χ1) is 14.3. The van der Waals surface area contributed by atoms with Gasteiger partial charge in [-0.1, -0.05) is 42.5 Å². The molecule has 1 atom stereocenters. The third kappa shape index (κ3) is 3.00. The molecule has 2 aliphatic rings. The highest BCUT2D eigenvalue weighted by Crippen LogP contribution is 2.32. The quantitative estimate of drug-likeness (QED) is 0.499. The number of furan rings is 1. The number of benzene rings is 2. The average molecular weight is 381 g/mol. The van der Waals surface area contributed by atoms with Crippen molar-refractivity contribution in [2.75, 3.05) is 11.9 Å². The molecule has 2 N–H and O–H groups in total. The molecule has 2 aromatic heterocycles. The van der Waals surface area contributed by atoms with E-state index in [9.17, 15) is 0 Å². The molecular formula is C25H23N3O. The van der Waals surface area contributed by atoms with E-state index >= 15 is 0 Å². The highest BCUT2D eigenvalue weighted by molar-refractivity contribution is 5.83. The van der Waals surface area contributed by atoms with E-state index in [1.165, 1.54) is 28.7 Å². The maximum atomic E-state index is 6.23. The number of hydrogen-bond acceptors (Lipinski definition) is 4. The van der Waals surface area contributed by atoms with E-state index in [4.69, 9.17) is 9.40 Å². The molecule has 0 amide bonds. The Labute approximate surface area is 170 Å². The van der Waals surface area contributed by atoms with Gasteiger partial charge in [0.05, 0.1) is 0 Å². The molecule has 4 heterocycles. The zero-order chi connectivity index (χ0) is 19.2. The molecule has 2 aliphatic heterocycles. The number of anilines is 1. The van der Waals surface area contributed by atoms with Crippen LogP contribution < -0.4 is 10.6 Å². The summed E-state index contributed by atoms with van der Waals surface area (Å²) in [5.74, 6) is 1.83. The second-order valence-corrected chi connectivity index (χ2v) is 8.05. The second kappa shape index (κ2) is 6.75. The van der Waals surface area contributed by atoms with Gasteiger partial charge in [-0.25, -0.2) is 4.98 Å². The van der Waals surface area contributed by atoms with E-state index in [0.29, 0.717) is 6.04 Å². The summed E-state index contributed by atoms with van der Waals surface area (Å²) >= 11 is 0. The van der Waals surface area contributed by atoms with Crippen LogP contribution in [-0.2, 0) is 19.4 Å². The first-order valence-corrected chi connectivity index (χ1v) is 10.4. The van der Waals surface area contributed by atoms with Crippen LogP contribution in [0.1, 0.15) is 34.7 Å². The van der Waals surface area contributed by atoms with Crippen LogP contribution >= 0.6 is 0 Å². The number of rotatable bonds is 2. The molecule has 4 heteroatoms. The van der Waals surface area contributed by atoms with Crippen LogP contribution in [0, 0.1) is 0 Å². The summed E-state index contributed by atoms with van der Waals surface area (Å²) < 4.78 is 6.23. The Bertz CT molecular complexity index is 1210. The Hall–Kier alpha value is -3.11. The zero-order valence-electron chi connectivity index (χ0n) is 16.2. The number of aromatic nitrogens is 1. The summed E-state index contributed by atoms with van der Waals surface area (Å²) in [4.78, 5) is 4.80. The van der Waals surface area contributed by atoms with E-state index in [0.717, 1.165) is 54.2 Å². The molecule has 6 rings (SSSR count). The van der Waals surface area contributed by atoms with E-state index in [2.05, 4.69) is 71.3 Å². The predicted molar refractivity (Wildman–Crippen MR) is 116 cm³/mol. The molecule has 4 aromatic rings. The van der Waals surface area contributed by atoms with Crippen molar-refractivity contribution in [3.63, 3.8) is 0 Å².